The fourth-order valence-electron chi connectivity index (χ4n) is 1.01. The third-order valence-corrected chi connectivity index (χ3v) is 2.19. The monoisotopic (exact) mass is 325 g/mol. The van der Waals surface area contributed by atoms with Crippen molar-refractivity contribution < 1.29 is 13.2 Å². The molecule has 2 heterocycles. The summed E-state index contributed by atoms with van der Waals surface area (Å²) in [4.78, 5) is 3.14. The van der Waals surface area contributed by atoms with E-state index in [1.54, 1.807) is 0 Å². The van der Waals surface area contributed by atoms with Crippen molar-refractivity contribution in [1.82, 2.24) is 14.8 Å². The SMILES string of the molecule is Fc1cc(F)c(-n2cc(I)cn2)nc1F. The molecular formula is C8H3F3IN3. The number of nitrogens with zero attached hydrogens (tertiary/aromatic N) is 3. The van der Waals surface area contributed by atoms with Crippen molar-refractivity contribution in [2.45, 2.75) is 0 Å². The number of pyridine rings is 1. The second-order valence-electron chi connectivity index (χ2n) is 2.67. The van der Waals surface area contributed by atoms with E-state index in [2.05, 4.69) is 10.1 Å². The Hall–Kier alpha value is -1.12. The van der Waals surface area contributed by atoms with E-state index in [1.165, 1.54) is 12.4 Å². The Morgan fingerprint density at radius 2 is 1.93 bits per heavy atom. The average Bonchev–Trinajstić information content (AvgIpc) is 2.58. The second kappa shape index (κ2) is 3.80. The van der Waals surface area contributed by atoms with Gasteiger partial charge in [0, 0.05) is 12.3 Å². The second-order valence-corrected chi connectivity index (χ2v) is 3.92. The maximum atomic E-state index is 13.2. The predicted octanol–water partition coefficient (Wildman–Crippen LogP) is 2.29. The topological polar surface area (TPSA) is 30.7 Å². The van der Waals surface area contributed by atoms with Gasteiger partial charge >= 0.3 is 0 Å². The van der Waals surface area contributed by atoms with Gasteiger partial charge in [0.05, 0.1) is 9.77 Å². The van der Waals surface area contributed by atoms with Gasteiger partial charge in [0.15, 0.2) is 17.5 Å². The van der Waals surface area contributed by atoms with E-state index in [4.69, 9.17) is 0 Å². The fourth-order valence-corrected chi connectivity index (χ4v) is 1.40. The van der Waals surface area contributed by atoms with Crippen LogP contribution >= 0.6 is 22.6 Å². The van der Waals surface area contributed by atoms with Crippen LogP contribution in [0.3, 0.4) is 0 Å². The maximum absolute atomic E-state index is 13.2. The van der Waals surface area contributed by atoms with Crippen molar-refractivity contribution in [2.24, 2.45) is 0 Å². The van der Waals surface area contributed by atoms with Gasteiger partial charge in [-0.3, -0.25) is 0 Å². The van der Waals surface area contributed by atoms with Gasteiger partial charge in [0.25, 0.3) is 5.95 Å². The van der Waals surface area contributed by atoms with Crippen molar-refractivity contribution in [3.63, 3.8) is 0 Å². The van der Waals surface area contributed by atoms with Crippen molar-refractivity contribution >= 4 is 22.6 Å². The molecule has 0 aromatic carbocycles. The molecular weight excluding hydrogens is 322 g/mol. The van der Waals surface area contributed by atoms with Crippen LogP contribution < -0.4 is 0 Å². The van der Waals surface area contributed by atoms with Crippen LogP contribution in [-0.2, 0) is 0 Å². The number of hydrogen-bond donors (Lipinski definition) is 0. The molecule has 0 saturated heterocycles. The molecule has 0 amide bonds. The van der Waals surface area contributed by atoms with E-state index >= 15 is 0 Å². The zero-order valence-electron chi connectivity index (χ0n) is 7.09. The Balaban J connectivity index is 2.58. The highest BCUT2D eigenvalue weighted by atomic mass is 127. The minimum absolute atomic E-state index is 0.364. The Morgan fingerprint density at radius 3 is 2.53 bits per heavy atom. The Kier molecular flexibility index (Phi) is 2.63. The van der Waals surface area contributed by atoms with Crippen LogP contribution in [0.2, 0.25) is 0 Å². The predicted molar refractivity (Wildman–Crippen MR) is 53.9 cm³/mol. The van der Waals surface area contributed by atoms with Gasteiger partial charge < -0.3 is 0 Å². The van der Waals surface area contributed by atoms with E-state index in [1.807, 2.05) is 22.6 Å². The fraction of sp³-hybridized carbons (Fsp3) is 0. The van der Waals surface area contributed by atoms with Crippen LogP contribution in [-0.4, -0.2) is 14.8 Å². The zero-order valence-corrected chi connectivity index (χ0v) is 9.24. The average molecular weight is 325 g/mol. The van der Waals surface area contributed by atoms with Crippen molar-refractivity contribution in [3.8, 4) is 5.82 Å². The summed E-state index contributed by atoms with van der Waals surface area (Å²) in [6, 6.07) is 0.437. The molecule has 2 rings (SSSR count). The van der Waals surface area contributed by atoms with E-state index in [0.717, 1.165) is 8.25 Å². The van der Waals surface area contributed by atoms with Crippen LogP contribution in [0.15, 0.2) is 18.5 Å². The van der Waals surface area contributed by atoms with Gasteiger partial charge in [0.1, 0.15) is 0 Å². The lowest BCUT2D eigenvalue weighted by Crippen LogP contribution is -2.05. The number of rotatable bonds is 1. The molecule has 0 fully saturated rings. The Morgan fingerprint density at radius 1 is 1.20 bits per heavy atom. The summed E-state index contributed by atoms with van der Waals surface area (Å²) in [5.74, 6) is -4.00. The highest BCUT2D eigenvalue weighted by Crippen LogP contribution is 2.14. The van der Waals surface area contributed by atoms with E-state index in [-0.39, 0.29) is 5.82 Å². The molecule has 0 aliphatic carbocycles. The molecule has 2 aromatic heterocycles. The highest BCUT2D eigenvalue weighted by Gasteiger charge is 2.13. The highest BCUT2D eigenvalue weighted by molar-refractivity contribution is 14.1. The van der Waals surface area contributed by atoms with Gasteiger partial charge in [0.2, 0.25) is 0 Å². The van der Waals surface area contributed by atoms with Crippen molar-refractivity contribution in [3.05, 3.63) is 39.6 Å². The first-order valence-electron chi connectivity index (χ1n) is 3.80. The third-order valence-electron chi connectivity index (χ3n) is 1.64. The molecule has 0 bridgehead atoms. The third kappa shape index (κ3) is 1.96. The van der Waals surface area contributed by atoms with Crippen LogP contribution in [0.5, 0.6) is 0 Å². The molecule has 0 spiro atoms. The Labute approximate surface area is 96.1 Å². The molecule has 0 radical (unpaired) electrons. The smallest absolute Gasteiger partial charge is 0.219 e. The summed E-state index contributed by atoms with van der Waals surface area (Å²) in [6.45, 7) is 0. The lowest BCUT2D eigenvalue weighted by atomic mass is 10.4. The Bertz CT molecular complexity index is 512. The number of hydrogen-bond acceptors (Lipinski definition) is 2. The molecule has 3 nitrogen and oxygen atoms in total. The standard InChI is InChI=1S/C8H3F3IN3/c9-5-1-6(10)8(14-7(5)11)15-3-4(12)2-13-15/h1-3H. The van der Waals surface area contributed by atoms with Crippen LogP contribution in [0.1, 0.15) is 0 Å². The molecule has 2 aromatic rings. The minimum Gasteiger partial charge on any atom is -0.219 e. The van der Waals surface area contributed by atoms with Gasteiger partial charge in [-0.25, -0.2) is 13.5 Å². The molecule has 0 aliphatic rings. The first kappa shape index (κ1) is 10.4. The number of aromatic nitrogens is 3. The summed E-state index contributed by atoms with van der Waals surface area (Å²) < 4.78 is 40.3. The summed E-state index contributed by atoms with van der Waals surface area (Å²) in [5, 5.41) is 3.74. The first-order chi connectivity index (χ1) is 7.08. The molecule has 15 heavy (non-hydrogen) atoms. The van der Waals surface area contributed by atoms with Crippen LogP contribution in [0.25, 0.3) is 5.82 Å². The van der Waals surface area contributed by atoms with E-state index < -0.39 is 17.6 Å². The maximum Gasteiger partial charge on any atom is 0.251 e. The number of halogens is 4. The lowest BCUT2D eigenvalue weighted by Gasteiger charge is -2.01. The van der Waals surface area contributed by atoms with Gasteiger partial charge in [-0.2, -0.15) is 14.5 Å². The van der Waals surface area contributed by atoms with E-state index in [0.29, 0.717) is 6.07 Å². The molecule has 0 unspecified atom stereocenters. The van der Waals surface area contributed by atoms with Crippen LogP contribution in [0.4, 0.5) is 13.2 Å². The molecule has 0 aliphatic heterocycles. The molecule has 7 heteroatoms. The lowest BCUT2D eigenvalue weighted by molar-refractivity contribution is 0.458. The summed E-state index contributed by atoms with van der Waals surface area (Å²) in [5.41, 5.74) is 0. The molecule has 0 atom stereocenters. The van der Waals surface area contributed by atoms with Crippen LogP contribution in [0, 0.1) is 21.2 Å². The van der Waals surface area contributed by atoms with Gasteiger partial charge in [-0.1, -0.05) is 0 Å². The molecule has 0 saturated carbocycles. The van der Waals surface area contributed by atoms with Crippen molar-refractivity contribution in [2.75, 3.05) is 0 Å². The van der Waals surface area contributed by atoms with Gasteiger partial charge in [-0.15, -0.1) is 0 Å². The minimum atomic E-state index is -1.35. The molecule has 0 N–H and O–H groups in total. The van der Waals surface area contributed by atoms with E-state index in [9.17, 15) is 13.2 Å². The largest absolute Gasteiger partial charge is 0.251 e. The summed E-state index contributed by atoms with van der Waals surface area (Å²) >= 11 is 1.95. The quantitative estimate of drug-likeness (QED) is 0.595. The van der Waals surface area contributed by atoms with Crippen molar-refractivity contribution in [1.29, 1.82) is 0 Å². The normalized spacial score (nSPS) is 10.7. The first-order valence-corrected chi connectivity index (χ1v) is 4.88. The summed E-state index contributed by atoms with van der Waals surface area (Å²) in [7, 11) is 0. The summed E-state index contributed by atoms with van der Waals surface area (Å²) in [6.07, 6.45) is 2.90. The van der Waals surface area contributed by atoms with Gasteiger partial charge in [-0.05, 0) is 22.6 Å². The molecule has 78 valence electrons. The zero-order chi connectivity index (χ0) is 11.0.